The molecule has 208 valence electrons. The fourth-order valence-corrected chi connectivity index (χ4v) is 5.79. The van der Waals surface area contributed by atoms with Gasteiger partial charge in [-0.25, -0.2) is 17.2 Å². The van der Waals surface area contributed by atoms with Gasteiger partial charge >= 0.3 is 6.36 Å². The van der Waals surface area contributed by atoms with E-state index in [1.807, 2.05) is 0 Å². The van der Waals surface area contributed by atoms with Crippen LogP contribution in [0.25, 0.3) is 12.2 Å². The average molecular weight is 572 g/mol. The van der Waals surface area contributed by atoms with Gasteiger partial charge in [-0.05, 0) is 68.3 Å². The molecular weight excluding hydrogens is 549 g/mol. The fraction of sp³-hybridized carbons (Fsp3) is 0.280. The van der Waals surface area contributed by atoms with Crippen LogP contribution in [0.5, 0.6) is 5.75 Å². The molecule has 0 saturated carbocycles. The van der Waals surface area contributed by atoms with Crippen molar-refractivity contribution < 1.29 is 44.4 Å². The van der Waals surface area contributed by atoms with Crippen LogP contribution in [0.4, 0.5) is 27.6 Å². The molecular formula is C25H22F5N3O5S. The number of carbonyl (C=O) groups excluding carboxylic acids is 1. The van der Waals surface area contributed by atoms with Crippen molar-refractivity contribution in [2.24, 2.45) is 5.92 Å². The van der Waals surface area contributed by atoms with Crippen molar-refractivity contribution in [3.05, 3.63) is 71.1 Å². The second-order valence-corrected chi connectivity index (χ2v) is 10.6. The number of benzene rings is 2. The largest absolute Gasteiger partial charge is 0.573 e. The summed E-state index contributed by atoms with van der Waals surface area (Å²) in [5.41, 5.74) is 0.369. The van der Waals surface area contributed by atoms with E-state index in [0.29, 0.717) is 6.07 Å². The summed E-state index contributed by atoms with van der Waals surface area (Å²) in [6.07, 6.45) is -1.98. The first-order chi connectivity index (χ1) is 18.3. The van der Waals surface area contributed by atoms with Crippen molar-refractivity contribution in [3.63, 3.8) is 0 Å². The molecule has 1 fully saturated rings. The van der Waals surface area contributed by atoms with Gasteiger partial charge in [0.05, 0.1) is 0 Å². The van der Waals surface area contributed by atoms with Crippen LogP contribution in [0.15, 0.2) is 51.9 Å². The maximum atomic E-state index is 14.0. The molecule has 0 aliphatic carbocycles. The summed E-state index contributed by atoms with van der Waals surface area (Å²) in [7, 11) is -4.09. The van der Waals surface area contributed by atoms with E-state index in [1.54, 1.807) is 0 Å². The first kappa shape index (κ1) is 28.2. The molecule has 1 aromatic heterocycles. The standard InChI is InChI=1S/C25H22F5N3O5S/c1-15-23(22(38-32-15)9-3-16-2-4-18(26)14-21(16)27)39(35,36)33-12-10-17(11-13-33)24(34)31-19-5-7-20(8-6-19)37-25(28,29)30/h2-9,14,17H,10-13H2,1H3,(H,31,34). The van der Waals surface area contributed by atoms with Crippen LogP contribution in [-0.4, -0.2) is 43.2 Å². The normalized spacial score (nSPS) is 15.5. The van der Waals surface area contributed by atoms with E-state index in [9.17, 15) is 35.2 Å². The quantitative estimate of drug-likeness (QED) is 0.383. The summed E-state index contributed by atoms with van der Waals surface area (Å²) in [6, 6.07) is 7.61. The van der Waals surface area contributed by atoms with Crippen LogP contribution in [0.1, 0.15) is 29.9 Å². The van der Waals surface area contributed by atoms with Crippen molar-refractivity contribution in [2.75, 3.05) is 18.4 Å². The van der Waals surface area contributed by atoms with Crippen molar-refractivity contribution in [1.82, 2.24) is 9.46 Å². The molecule has 39 heavy (non-hydrogen) atoms. The second kappa shape index (κ2) is 11.1. The number of carbonyl (C=O) groups is 1. The van der Waals surface area contributed by atoms with Gasteiger partial charge in [0, 0.05) is 36.3 Å². The summed E-state index contributed by atoms with van der Waals surface area (Å²) < 4.78 is 101. The van der Waals surface area contributed by atoms with Crippen molar-refractivity contribution in [1.29, 1.82) is 0 Å². The van der Waals surface area contributed by atoms with Gasteiger partial charge in [0.1, 0.15) is 23.1 Å². The third-order valence-corrected chi connectivity index (χ3v) is 8.05. The topological polar surface area (TPSA) is 102 Å². The molecule has 4 rings (SSSR count). The van der Waals surface area contributed by atoms with Crippen LogP contribution in [0.3, 0.4) is 0 Å². The number of alkyl halides is 3. The van der Waals surface area contributed by atoms with Gasteiger partial charge in [0.25, 0.3) is 0 Å². The molecule has 2 heterocycles. The average Bonchev–Trinajstić information content (AvgIpc) is 3.25. The molecule has 1 saturated heterocycles. The van der Waals surface area contributed by atoms with Gasteiger partial charge in [0.15, 0.2) is 10.7 Å². The summed E-state index contributed by atoms with van der Waals surface area (Å²) in [4.78, 5) is 12.5. The lowest BCUT2D eigenvalue weighted by Crippen LogP contribution is -2.41. The molecule has 3 aromatic rings. The molecule has 1 aliphatic rings. The molecule has 1 amide bonds. The maximum Gasteiger partial charge on any atom is 0.573 e. The minimum absolute atomic E-state index is 0.0130. The summed E-state index contributed by atoms with van der Waals surface area (Å²) >= 11 is 0. The van der Waals surface area contributed by atoms with Gasteiger partial charge < -0.3 is 14.6 Å². The highest BCUT2D eigenvalue weighted by Crippen LogP contribution is 2.30. The monoisotopic (exact) mass is 571 g/mol. The third kappa shape index (κ3) is 6.81. The van der Waals surface area contributed by atoms with E-state index in [4.69, 9.17) is 4.52 Å². The molecule has 0 spiro atoms. The Morgan fingerprint density at radius 3 is 2.38 bits per heavy atom. The second-order valence-electron chi connectivity index (χ2n) is 8.70. The summed E-state index contributed by atoms with van der Waals surface area (Å²) in [5, 5.41) is 6.33. The van der Waals surface area contributed by atoms with E-state index >= 15 is 0 Å². The van der Waals surface area contributed by atoms with Crippen molar-refractivity contribution >= 4 is 33.8 Å². The molecule has 1 aliphatic heterocycles. The zero-order valence-corrected chi connectivity index (χ0v) is 21.2. The van der Waals surface area contributed by atoms with E-state index < -0.39 is 45.6 Å². The predicted molar refractivity (Wildman–Crippen MR) is 130 cm³/mol. The first-order valence-corrected chi connectivity index (χ1v) is 13.0. The molecule has 0 radical (unpaired) electrons. The smallest absolute Gasteiger partial charge is 0.406 e. The van der Waals surface area contributed by atoms with Crippen molar-refractivity contribution in [2.45, 2.75) is 31.0 Å². The van der Waals surface area contributed by atoms with Crippen molar-refractivity contribution in [3.8, 4) is 5.75 Å². The highest BCUT2D eigenvalue weighted by molar-refractivity contribution is 7.89. The van der Waals surface area contributed by atoms with Gasteiger partial charge in [-0.15, -0.1) is 13.2 Å². The number of ether oxygens (including phenoxy) is 1. The molecule has 2 aromatic carbocycles. The summed E-state index contributed by atoms with van der Waals surface area (Å²) in [6.45, 7) is 1.47. The number of aryl methyl sites for hydroxylation is 1. The number of rotatable bonds is 7. The zero-order chi connectivity index (χ0) is 28.4. The summed E-state index contributed by atoms with van der Waals surface area (Å²) in [5.74, 6) is -3.09. The number of halogens is 5. The van der Waals surface area contributed by atoms with Crippen LogP contribution in [-0.2, 0) is 14.8 Å². The number of anilines is 1. The van der Waals surface area contributed by atoms with E-state index in [2.05, 4.69) is 15.2 Å². The molecule has 1 N–H and O–H groups in total. The van der Waals surface area contributed by atoms with Gasteiger partial charge in [-0.1, -0.05) is 5.16 Å². The number of hydrogen-bond acceptors (Lipinski definition) is 6. The molecule has 0 atom stereocenters. The number of sulfonamides is 1. The van der Waals surface area contributed by atoms with E-state index in [-0.39, 0.29) is 53.5 Å². The lowest BCUT2D eigenvalue weighted by atomic mass is 9.97. The molecule has 8 nitrogen and oxygen atoms in total. The Kier molecular flexibility index (Phi) is 8.07. The number of nitrogens with zero attached hydrogens (tertiary/aromatic N) is 2. The Balaban J connectivity index is 1.40. The van der Waals surface area contributed by atoms with Gasteiger partial charge in [0.2, 0.25) is 15.9 Å². The fourth-order valence-electron chi connectivity index (χ4n) is 4.07. The Hall–Kier alpha value is -3.78. The predicted octanol–water partition coefficient (Wildman–Crippen LogP) is 5.37. The number of amides is 1. The third-order valence-electron chi connectivity index (χ3n) is 5.99. The number of piperidine rings is 1. The number of nitrogens with one attached hydrogen (secondary N) is 1. The van der Waals surface area contributed by atoms with Crippen LogP contribution in [0, 0.1) is 24.5 Å². The number of aromatic nitrogens is 1. The zero-order valence-electron chi connectivity index (χ0n) is 20.3. The minimum atomic E-state index is -4.83. The lowest BCUT2D eigenvalue weighted by molar-refractivity contribution is -0.274. The Morgan fingerprint density at radius 1 is 1.10 bits per heavy atom. The minimum Gasteiger partial charge on any atom is -0.406 e. The van der Waals surface area contributed by atoms with Gasteiger partial charge in [-0.3, -0.25) is 4.79 Å². The van der Waals surface area contributed by atoms with Crippen LogP contribution >= 0.6 is 0 Å². The van der Waals surface area contributed by atoms with E-state index in [0.717, 1.165) is 18.2 Å². The highest BCUT2D eigenvalue weighted by atomic mass is 32.2. The lowest BCUT2D eigenvalue weighted by Gasteiger charge is -2.30. The van der Waals surface area contributed by atoms with Gasteiger partial charge in [-0.2, -0.15) is 4.31 Å². The highest BCUT2D eigenvalue weighted by Gasteiger charge is 2.36. The Labute approximate surface area is 220 Å². The SMILES string of the molecule is Cc1noc(C=Cc2ccc(F)cc2F)c1S(=O)(=O)N1CCC(C(=O)Nc2ccc(OC(F)(F)F)cc2)CC1. The Morgan fingerprint density at radius 2 is 1.77 bits per heavy atom. The molecule has 14 heteroatoms. The molecule has 0 bridgehead atoms. The van der Waals surface area contributed by atoms with Crippen LogP contribution in [0.2, 0.25) is 0 Å². The van der Waals surface area contributed by atoms with E-state index in [1.165, 1.54) is 41.6 Å². The first-order valence-electron chi connectivity index (χ1n) is 11.6. The maximum absolute atomic E-state index is 14.0. The Bertz CT molecular complexity index is 1480. The number of hydrogen-bond donors (Lipinski definition) is 1. The van der Waals surface area contributed by atoms with Crippen LogP contribution < -0.4 is 10.1 Å². The molecule has 0 unspecified atom stereocenters.